The van der Waals surface area contributed by atoms with Gasteiger partial charge in [0, 0.05) is 24.3 Å². The summed E-state index contributed by atoms with van der Waals surface area (Å²) >= 11 is 0. The van der Waals surface area contributed by atoms with Crippen LogP contribution in [0.5, 0.6) is 0 Å². The fourth-order valence-electron chi connectivity index (χ4n) is 2.05. The van der Waals surface area contributed by atoms with E-state index in [1.165, 1.54) is 5.56 Å². The fraction of sp³-hybridized carbons (Fsp3) is 0.333. The van der Waals surface area contributed by atoms with Gasteiger partial charge in [0.05, 0.1) is 17.5 Å². The smallest absolute Gasteiger partial charge is 0.162 e. The monoisotopic (exact) mass is 215 g/mol. The molecule has 0 aliphatic carbocycles. The third-order valence-corrected chi connectivity index (χ3v) is 2.89. The summed E-state index contributed by atoms with van der Waals surface area (Å²) in [6.45, 7) is 3.86. The van der Waals surface area contributed by atoms with E-state index in [4.69, 9.17) is 4.42 Å². The lowest BCUT2D eigenvalue weighted by Gasteiger charge is -2.06. The highest BCUT2D eigenvalue weighted by molar-refractivity contribution is 5.54. The van der Waals surface area contributed by atoms with E-state index in [-0.39, 0.29) is 0 Å². The SMILES string of the molecule is CCc1nc(-c2ccoc2)nc2c1CNC2. The zero-order valence-electron chi connectivity index (χ0n) is 9.16. The van der Waals surface area contributed by atoms with Gasteiger partial charge in [-0.15, -0.1) is 0 Å². The average molecular weight is 215 g/mol. The molecule has 2 aromatic rings. The van der Waals surface area contributed by atoms with Crippen molar-refractivity contribution >= 4 is 0 Å². The van der Waals surface area contributed by atoms with Gasteiger partial charge in [-0.05, 0) is 12.5 Å². The van der Waals surface area contributed by atoms with Gasteiger partial charge in [0.2, 0.25) is 0 Å². The molecule has 3 heterocycles. The predicted octanol–water partition coefficient (Wildman–Crippen LogP) is 1.90. The van der Waals surface area contributed by atoms with Crippen LogP contribution in [0.15, 0.2) is 23.0 Å². The summed E-state index contributed by atoms with van der Waals surface area (Å²) < 4.78 is 5.07. The Hall–Kier alpha value is -1.68. The van der Waals surface area contributed by atoms with Crippen molar-refractivity contribution in [2.75, 3.05) is 0 Å². The highest BCUT2D eigenvalue weighted by atomic mass is 16.3. The lowest BCUT2D eigenvalue weighted by molar-refractivity contribution is 0.568. The summed E-state index contributed by atoms with van der Waals surface area (Å²) in [7, 11) is 0. The van der Waals surface area contributed by atoms with Crippen molar-refractivity contribution in [3.05, 3.63) is 35.5 Å². The lowest BCUT2D eigenvalue weighted by Crippen LogP contribution is -2.02. The number of fused-ring (bicyclic) bond motifs is 1. The molecule has 0 amide bonds. The molecule has 2 aromatic heterocycles. The molecule has 0 atom stereocenters. The molecule has 0 saturated carbocycles. The zero-order valence-corrected chi connectivity index (χ0v) is 9.16. The van der Waals surface area contributed by atoms with Crippen molar-refractivity contribution < 1.29 is 4.42 Å². The maximum absolute atomic E-state index is 5.07. The maximum Gasteiger partial charge on any atom is 0.162 e. The van der Waals surface area contributed by atoms with Crippen molar-refractivity contribution in [3.63, 3.8) is 0 Å². The molecule has 1 N–H and O–H groups in total. The van der Waals surface area contributed by atoms with Crippen LogP contribution in [0.4, 0.5) is 0 Å². The van der Waals surface area contributed by atoms with Gasteiger partial charge in [0.15, 0.2) is 5.82 Å². The van der Waals surface area contributed by atoms with Crippen LogP contribution in [0.1, 0.15) is 23.9 Å². The summed E-state index contributed by atoms with van der Waals surface area (Å²) in [4.78, 5) is 9.16. The Labute approximate surface area is 93.7 Å². The first-order valence-electron chi connectivity index (χ1n) is 5.50. The highest BCUT2D eigenvalue weighted by Crippen LogP contribution is 2.22. The largest absolute Gasteiger partial charge is 0.472 e. The Morgan fingerprint density at radius 1 is 1.38 bits per heavy atom. The van der Waals surface area contributed by atoms with Crippen LogP contribution in [-0.2, 0) is 19.5 Å². The van der Waals surface area contributed by atoms with Crippen LogP contribution >= 0.6 is 0 Å². The molecule has 0 radical (unpaired) electrons. The summed E-state index contributed by atoms with van der Waals surface area (Å²) in [5.41, 5.74) is 4.49. The van der Waals surface area contributed by atoms with E-state index in [9.17, 15) is 0 Å². The number of nitrogens with zero attached hydrogens (tertiary/aromatic N) is 2. The predicted molar refractivity (Wildman–Crippen MR) is 59.7 cm³/mol. The van der Waals surface area contributed by atoms with Crippen molar-refractivity contribution in [2.45, 2.75) is 26.4 Å². The topological polar surface area (TPSA) is 51.0 Å². The van der Waals surface area contributed by atoms with E-state index in [1.54, 1.807) is 12.5 Å². The lowest BCUT2D eigenvalue weighted by atomic mass is 10.1. The number of nitrogens with one attached hydrogen (secondary N) is 1. The Kier molecular flexibility index (Phi) is 2.22. The minimum atomic E-state index is 0.771. The van der Waals surface area contributed by atoms with Crippen molar-refractivity contribution in [3.8, 4) is 11.4 Å². The second kappa shape index (κ2) is 3.72. The zero-order chi connectivity index (χ0) is 11.0. The first-order valence-corrected chi connectivity index (χ1v) is 5.50. The molecule has 4 heteroatoms. The minimum Gasteiger partial charge on any atom is -0.472 e. The number of aryl methyl sites for hydroxylation is 1. The molecule has 0 bridgehead atoms. The molecule has 82 valence electrons. The van der Waals surface area contributed by atoms with Gasteiger partial charge < -0.3 is 9.73 Å². The highest BCUT2D eigenvalue weighted by Gasteiger charge is 2.18. The number of hydrogen-bond donors (Lipinski definition) is 1. The molecule has 1 aliphatic rings. The molecule has 3 rings (SSSR count). The van der Waals surface area contributed by atoms with E-state index < -0.39 is 0 Å². The first kappa shape index (κ1) is 9.54. The number of hydrogen-bond acceptors (Lipinski definition) is 4. The van der Waals surface area contributed by atoms with Crippen LogP contribution in [0, 0.1) is 0 Å². The number of aromatic nitrogens is 2. The molecule has 0 fully saturated rings. The van der Waals surface area contributed by atoms with Crippen LogP contribution in [0.25, 0.3) is 11.4 Å². The van der Waals surface area contributed by atoms with Crippen LogP contribution in [0.3, 0.4) is 0 Å². The molecule has 4 nitrogen and oxygen atoms in total. The molecule has 16 heavy (non-hydrogen) atoms. The Morgan fingerprint density at radius 3 is 3.06 bits per heavy atom. The van der Waals surface area contributed by atoms with Crippen molar-refractivity contribution in [1.82, 2.24) is 15.3 Å². The molecule has 0 saturated heterocycles. The Balaban J connectivity index is 2.15. The minimum absolute atomic E-state index is 0.771. The van der Waals surface area contributed by atoms with Crippen molar-refractivity contribution in [2.24, 2.45) is 0 Å². The van der Waals surface area contributed by atoms with Crippen molar-refractivity contribution in [1.29, 1.82) is 0 Å². The van der Waals surface area contributed by atoms with E-state index in [2.05, 4.69) is 22.2 Å². The molecule has 0 aromatic carbocycles. The third kappa shape index (κ3) is 1.42. The summed E-state index contributed by atoms with van der Waals surface area (Å²) in [6, 6.07) is 1.89. The quantitative estimate of drug-likeness (QED) is 0.831. The van der Waals surface area contributed by atoms with Gasteiger partial charge in [-0.1, -0.05) is 6.92 Å². The van der Waals surface area contributed by atoms with Gasteiger partial charge in [0.1, 0.15) is 6.26 Å². The first-order chi connectivity index (χ1) is 7.88. The van der Waals surface area contributed by atoms with Crippen LogP contribution in [-0.4, -0.2) is 9.97 Å². The van der Waals surface area contributed by atoms with E-state index in [0.717, 1.165) is 42.3 Å². The maximum atomic E-state index is 5.07. The van der Waals surface area contributed by atoms with E-state index in [1.807, 2.05) is 6.07 Å². The fourth-order valence-corrected chi connectivity index (χ4v) is 2.05. The average Bonchev–Trinajstić information content (AvgIpc) is 2.97. The van der Waals surface area contributed by atoms with Crippen LogP contribution < -0.4 is 5.32 Å². The van der Waals surface area contributed by atoms with Gasteiger partial charge in [-0.2, -0.15) is 0 Å². The third-order valence-electron chi connectivity index (χ3n) is 2.89. The van der Waals surface area contributed by atoms with E-state index in [0.29, 0.717) is 0 Å². The van der Waals surface area contributed by atoms with Gasteiger partial charge in [-0.3, -0.25) is 0 Å². The summed E-state index contributed by atoms with van der Waals surface area (Å²) in [6.07, 6.45) is 4.27. The second-order valence-corrected chi connectivity index (χ2v) is 3.89. The standard InChI is InChI=1S/C12H13N3O/c1-2-10-9-5-13-6-11(9)15-12(14-10)8-3-4-16-7-8/h3-4,7,13H,2,5-6H2,1H3. The number of rotatable bonds is 2. The molecule has 0 unspecified atom stereocenters. The van der Waals surface area contributed by atoms with Gasteiger partial charge >= 0.3 is 0 Å². The molecular formula is C12H13N3O. The molecule has 0 spiro atoms. The second-order valence-electron chi connectivity index (χ2n) is 3.89. The van der Waals surface area contributed by atoms with Crippen LogP contribution in [0.2, 0.25) is 0 Å². The normalized spacial score (nSPS) is 14.1. The van der Waals surface area contributed by atoms with E-state index >= 15 is 0 Å². The molecular weight excluding hydrogens is 202 g/mol. The Morgan fingerprint density at radius 2 is 2.31 bits per heavy atom. The van der Waals surface area contributed by atoms with Gasteiger partial charge in [0.25, 0.3) is 0 Å². The summed E-state index contributed by atoms with van der Waals surface area (Å²) in [5.74, 6) is 0.771. The summed E-state index contributed by atoms with van der Waals surface area (Å²) in [5, 5.41) is 3.31. The Bertz CT molecular complexity index is 505. The molecule has 1 aliphatic heterocycles. The van der Waals surface area contributed by atoms with Gasteiger partial charge in [-0.25, -0.2) is 9.97 Å². The number of furan rings is 1.